The zero-order valence-corrected chi connectivity index (χ0v) is 15.6. The molecule has 0 aliphatic carbocycles. The van der Waals surface area contributed by atoms with Gasteiger partial charge in [-0.25, -0.2) is 4.39 Å². The summed E-state index contributed by atoms with van der Waals surface area (Å²) >= 11 is 0. The maximum Gasteiger partial charge on any atom is 0.416 e. The molecule has 0 atom stereocenters. The van der Waals surface area contributed by atoms with E-state index in [1.54, 1.807) is 0 Å². The highest BCUT2D eigenvalue weighted by molar-refractivity contribution is 6.06. The summed E-state index contributed by atoms with van der Waals surface area (Å²) < 4.78 is 58.3. The molecule has 9 heteroatoms. The maximum absolute atomic E-state index is 13.3. The van der Waals surface area contributed by atoms with Gasteiger partial charge in [0.25, 0.3) is 11.5 Å². The lowest BCUT2D eigenvalue weighted by Crippen LogP contribution is -2.18. The Bertz CT molecular complexity index is 1170. The molecule has 0 spiro atoms. The summed E-state index contributed by atoms with van der Waals surface area (Å²) in [4.78, 5) is 26.7. The summed E-state index contributed by atoms with van der Waals surface area (Å²) in [6.07, 6.45) is -3.38. The number of hydrogen-bond donors (Lipinski definition) is 2. The Kier molecular flexibility index (Phi) is 5.64. The minimum absolute atomic E-state index is 0.0189. The van der Waals surface area contributed by atoms with Gasteiger partial charge in [-0.1, -0.05) is 0 Å². The summed E-state index contributed by atoms with van der Waals surface area (Å²) in [6.45, 7) is 5.06. The fourth-order valence-corrected chi connectivity index (χ4v) is 2.63. The molecule has 30 heavy (non-hydrogen) atoms. The number of aromatic amines is 1. The molecule has 1 radical (unpaired) electrons. The van der Waals surface area contributed by atoms with Crippen molar-refractivity contribution in [2.45, 2.75) is 13.1 Å². The van der Waals surface area contributed by atoms with Crippen molar-refractivity contribution in [1.29, 1.82) is 0 Å². The molecule has 5 nitrogen and oxygen atoms in total. The number of halogens is 4. The Hall–Kier alpha value is -3.62. The van der Waals surface area contributed by atoms with E-state index in [2.05, 4.69) is 17.2 Å². The fraction of sp³-hybridized carbons (Fsp3) is 0.0952. The fourth-order valence-electron chi connectivity index (χ4n) is 2.63. The summed E-state index contributed by atoms with van der Waals surface area (Å²) in [6, 6.07) is 7.24. The Morgan fingerprint density at radius 2 is 1.83 bits per heavy atom. The van der Waals surface area contributed by atoms with Gasteiger partial charge >= 0.3 is 6.18 Å². The number of H-pyrrole nitrogens is 1. The molecule has 2 N–H and O–H groups in total. The van der Waals surface area contributed by atoms with Gasteiger partial charge < -0.3 is 15.0 Å². The number of anilines is 1. The molecule has 0 saturated carbocycles. The highest BCUT2D eigenvalue weighted by Gasteiger charge is 2.32. The van der Waals surface area contributed by atoms with E-state index in [-0.39, 0.29) is 28.3 Å². The van der Waals surface area contributed by atoms with Gasteiger partial charge in [0.05, 0.1) is 16.8 Å². The van der Waals surface area contributed by atoms with Crippen molar-refractivity contribution in [2.75, 3.05) is 5.32 Å². The number of aromatic nitrogens is 1. The van der Waals surface area contributed by atoms with Crippen LogP contribution in [-0.2, 0) is 6.18 Å². The summed E-state index contributed by atoms with van der Waals surface area (Å²) in [5.74, 6) is -1.65. The molecule has 155 valence electrons. The predicted molar refractivity (Wildman–Crippen MR) is 102 cm³/mol. The summed E-state index contributed by atoms with van der Waals surface area (Å²) in [5.41, 5.74) is -1.37. The van der Waals surface area contributed by atoms with Gasteiger partial charge in [-0.05, 0) is 61.9 Å². The third kappa shape index (κ3) is 4.51. The van der Waals surface area contributed by atoms with Gasteiger partial charge in [-0.3, -0.25) is 9.59 Å². The van der Waals surface area contributed by atoms with Crippen LogP contribution < -0.4 is 15.6 Å². The van der Waals surface area contributed by atoms with Crippen molar-refractivity contribution in [1.82, 2.24) is 4.98 Å². The second kappa shape index (κ2) is 8.02. The van der Waals surface area contributed by atoms with Crippen molar-refractivity contribution < 1.29 is 27.1 Å². The Labute approximate surface area is 168 Å². The van der Waals surface area contributed by atoms with Crippen molar-refractivity contribution in [3.8, 4) is 11.5 Å². The predicted octanol–water partition coefficient (Wildman–Crippen LogP) is 5.07. The number of amides is 1. The third-order valence-electron chi connectivity index (χ3n) is 4.22. The van der Waals surface area contributed by atoms with Crippen molar-refractivity contribution in [2.24, 2.45) is 0 Å². The van der Waals surface area contributed by atoms with E-state index in [0.29, 0.717) is 11.6 Å². The van der Waals surface area contributed by atoms with E-state index in [1.807, 2.05) is 0 Å². The average molecular weight is 419 g/mol. The zero-order chi connectivity index (χ0) is 22.1. The summed E-state index contributed by atoms with van der Waals surface area (Å²) in [5, 5.41) is 2.43. The van der Waals surface area contributed by atoms with E-state index in [4.69, 9.17) is 4.74 Å². The van der Waals surface area contributed by atoms with Crippen LogP contribution in [0.2, 0.25) is 0 Å². The molecule has 0 aliphatic rings. The van der Waals surface area contributed by atoms with Crippen LogP contribution >= 0.6 is 0 Å². The largest absolute Gasteiger partial charge is 0.456 e. The SMILES string of the molecule is [CH2]c1c(NC(=O)c2ccc(C(F)(F)F)cc2Oc2ccc(F)cc2C)cc[nH]c1=O. The van der Waals surface area contributed by atoms with Crippen LogP contribution in [0.3, 0.4) is 0 Å². The van der Waals surface area contributed by atoms with Crippen LogP contribution in [0, 0.1) is 19.7 Å². The molecule has 1 amide bonds. The zero-order valence-electron chi connectivity index (χ0n) is 15.6. The Morgan fingerprint density at radius 1 is 1.10 bits per heavy atom. The smallest absolute Gasteiger partial charge is 0.416 e. The number of pyridine rings is 1. The normalized spacial score (nSPS) is 11.3. The van der Waals surface area contributed by atoms with Gasteiger partial charge in [-0.2, -0.15) is 13.2 Å². The second-order valence-electron chi connectivity index (χ2n) is 6.37. The average Bonchev–Trinajstić information content (AvgIpc) is 2.67. The first kappa shape index (κ1) is 21.1. The standard InChI is InChI=1S/C21H15F4N2O3/c1-11-9-14(22)4-6-17(11)30-18-10-13(21(23,24)25)3-5-15(18)20(29)27-16-7-8-26-19(28)12(16)2/h3-10H,2H2,1H3,(H2,26,27,28,29). The van der Waals surface area contributed by atoms with Crippen LogP contribution in [0.15, 0.2) is 53.5 Å². The molecule has 0 fully saturated rings. The molecule has 2 aromatic carbocycles. The number of hydrogen-bond acceptors (Lipinski definition) is 3. The van der Waals surface area contributed by atoms with Gasteiger partial charge in [0.1, 0.15) is 17.3 Å². The van der Waals surface area contributed by atoms with E-state index >= 15 is 0 Å². The van der Waals surface area contributed by atoms with Gasteiger partial charge in [0, 0.05) is 11.8 Å². The second-order valence-corrected chi connectivity index (χ2v) is 6.37. The van der Waals surface area contributed by atoms with Crippen molar-refractivity contribution in [3.63, 3.8) is 0 Å². The van der Waals surface area contributed by atoms with E-state index in [0.717, 1.165) is 24.3 Å². The molecule has 1 aromatic heterocycles. The van der Waals surface area contributed by atoms with Crippen molar-refractivity contribution in [3.05, 3.63) is 94.0 Å². The van der Waals surface area contributed by atoms with Crippen LogP contribution in [0.25, 0.3) is 0 Å². The molecule has 1 heterocycles. The Balaban J connectivity index is 2.03. The maximum atomic E-state index is 13.3. The van der Waals surface area contributed by atoms with E-state index in [9.17, 15) is 27.2 Å². The lowest BCUT2D eigenvalue weighted by molar-refractivity contribution is -0.137. The number of rotatable bonds is 4. The molecule has 3 aromatic rings. The molecular weight excluding hydrogens is 404 g/mol. The highest BCUT2D eigenvalue weighted by atomic mass is 19.4. The van der Waals surface area contributed by atoms with E-state index in [1.165, 1.54) is 25.3 Å². The number of carbonyl (C=O) groups is 1. The lowest BCUT2D eigenvalue weighted by atomic mass is 10.1. The van der Waals surface area contributed by atoms with Gasteiger partial charge in [0.2, 0.25) is 0 Å². The van der Waals surface area contributed by atoms with Crippen LogP contribution in [0.1, 0.15) is 27.0 Å². The number of benzene rings is 2. The number of alkyl halides is 3. The molecule has 3 rings (SSSR count). The number of nitrogens with one attached hydrogen (secondary N) is 2. The molecule has 0 aliphatic heterocycles. The Morgan fingerprint density at radius 3 is 2.50 bits per heavy atom. The number of ether oxygens (including phenoxy) is 1. The molecule has 0 saturated heterocycles. The molecule has 0 bridgehead atoms. The van der Waals surface area contributed by atoms with Gasteiger partial charge in [-0.15, -0.1) is 0 Å². The topological polar surface area (TPSA) is 71.2 Å². The highest BCUT2D eigenvalue weighted by Crippen LogP contribution is 2.36. The third-order valence-corrected chi connectivity index (χ3v) is 4.22. The minimum Gasteiger partial charge on any atom is -0.456 e. The summed E-state index contributed by atoms with van der Waals surface area (Å²) in [7, 11) is 0. The first-order valence-electron chi connectivity index (χ1n) is 8.56. The van der Waals surface area contributed by atoms with Crippen molar-refractivity contribution >= 4 is 11.6 Å². The quantitative estimate of drug-likeness (QED) is 0.580. The van der Waals surface area contributed by atoms with Crippen LogP contribution in [-0.4, -0.2) is 10.9 Å². The molecular formula is C21H15F4N2O3. The number of carbonyl (C=O) groups excluding carboxylic acids is 1. The first-order chi connectivity index (χ1) is 14.1. The first-order valence-corrected chi connectivity index (χ1v) is 8.56. The van der Waals surface area contributed by atoms with Crippen LogP contribution in [0.5, 0.6) is 11.5 Å². The number of aryl methyl sites for hydroxylation is 1. The van der Waals surface area contributed by atoms with Crippen LogP contribution in [0.4, 0.5) is 23.2 Å². The minimum atomic E-state index is -4.67. The van der Waals surface area contributed by atoms with Gasteiger partial charge in [0.15, 0.2) is 0 Å². The lowest BCUT2D eigenvalue weighted by Gasteiger charge is -2.16. The monoisotopic (exact) mass is 419 g/mol. The van der Waals surface area contributed by atoms with E-state index < -0.39 is 29.0 Å². The molecule has 0 unspecified atom stereocenters.